The van der Waals surface area contributed by atoms with Gasteiger partial charge < -0.3 is 10.3 Å². The summed E-state index contributed by atoms with van der Waals surface area (Å²) in [5.41, 5.74) is 8.79. The molecule has 0 atom stereocenters. The van der Waals surface area contributed by atoms with Crippen molar-refractivity contribution in [3.05, 3.63) is 62.7 Å². The fourth-order valence-electron chi connectivity index (χ4n) is 2.24. The largest absolute Gasteiger partial charge is 0.399 e. The van der Waals surface area contributed by atoms with Gasteiger partial charge in [-0.3, -0.25) is 4.79 Å². The molecule has 0 aliphatic heterocycles. The zero-order valence-electron chi connectivity index (χ0n) is 10.9. The van der Waals surface area contributed by atoms with Crippen molar-refractivity contribution < 1.29 is 0 Å². The molecule has 3 aromatic rings. The van der Waals surface area contributed by atoms with E-state index < -0.39 is 0 Å². The molecule has 6 heteroatoms. The maximum Gasteiger partial charge on any atom is 0.276 e. The molecule has 2 heterocycles. The monoisotopic (exact) mass is 332 g/mol. The summed E-state index contributed by atoms with van der Waals surface area (Å²) in [5, 5.41) is 4.23. The quantitative estimate of drug-likeness (QED) is 0.731. The molecule has 2 aromatic heterocycles. The average molecular weight is 333 g/mol. The van der Waals surface area contributed by atoms with Crippen LogP contribution >= 0.6 is 15.9 Å². The summed E-state index contributed by atoms with van der Waals surface area (Å²) in [5.74, 6) is 0. The van der Waals surface area contributed by atoms with Crippen LogP contribution in [0.25, 0.3) is 5.52 Å². The number of hydrogen-bond donors (Lipinski definition) is 1. The molecule has 0 amide bonds. The minimum Gasteiger partial charge on any atom is -0.399 e. The minimum absolute atomic E-state index is 0.0633. The van der Waals surface area contributed by atoms with E-state index in [0.29, 0.717) is 17.7 Å². The normalized spacial score (nSPS) is 11.1. The zero-order valence-corrected chi connectivity index (χ0v) is 12.5. The highest BCUT2D eigenvalue weighted by molar-refractivity contribution is 9.10. The molecule has 0 aliphatic carbocycles. The predicted octanol–water partition coefficient (Wildman–Crippen LogP) is 2.20. The third-order valence-corrected chi connectivity index (χ3v) is 3.52. The molecule has 102 valence electrons. The van der Waals surface area contributed by atoms with E-state index in [0.717, 1.165) is 15.7 Å². The first-order valence-electron chi connectivity index (χ1n) is 6.13. The summed E-state index contributed by atoms with van der Waals surface area (Å²) in [6.45, 7) is 2.34. The van der Waals surface area contributed by atoms with E-state index in [1.165, 1.54) is 0 Å². The van der Waals surface area contributed by atoms with Gasteiger partial charge in [0.25, 0.3) is 5.56 Å². The number of aryl methyl sites for hydroxylation is 1. The Bertz CT molecular complexity index is 830. The van der Waals surface area contributed by atoms with E-state index in [2.05, 4.69) is 21.0 Å². The lowest BCUT2D eigenvalue weighted by molar-refractivity contribution is 0.742. The predicted molar refractivity (Wildman–Crippen MR) is 81.8 cm³/mol. The van der Waals surface area contributed by atoms with Gasteiger partial charge in [-0.05, 0) is 36.8 Å². The highest BCUT2D eigenvalue weighted by Gasteiger charge is 2.06. The van der Waals surface area contributed by atoms with Crippen molar-refractivity contribution in [2.24, 2.45) is 0 Å². The van der Waals surface area contributed by atoms with Crippen molar-refractivity contribution in [1.82, 2.24) is 14.2 Å². The van der Waals surface area contributed by atoms with Gasteiger partial charge in [0.1, 0.15) is 5.52 Å². The molecule has 5 nitrogen and oxygen atoms in total. The van der Waals surface area contributed by atoms with Gasteiger partial charge in [-0.15, -0.1) is 0 Å². The fraction of sp³-hybridized carbons (Fsp3) is 0.143. The third kappa shape index (κ3) is 2.34. The van der Waals surface area contributed by atoms with Crippen LogP contribution in [-0.4, -0.2) is 14.2 Å². The molecule has 3 rings (SSSR count). The fourth-order valence-corrected chi connectivity index (χ4v) is 2.79. The summed E-state index contributed by atoms with van der Waals surface area (Å²) in [6.07, 6.45) is 3.52. The first-order chi connectivity index (χ1) is 9.52. The van der Waals surface area contributed by atoms with Crippen LogP contribution in [0.3, 0.4) is 0 Å². The van der Waals surface area contributed by atoms with Gasteiger partial charge in [0.2, 0.25) is 0 Å². The summed E-state index contributed by atoms with van der Waals surface area (Å²) < 4.78 is 4.16. The molecule has 0 aliphatic rings. The Morgan fingerprint density at radius 3 is 2.80 bits per heavy atom. The number of benzene rings is 1. The van der Waals surface area contributed by atoms with Crippen LogP contribution in [0.4, 0.5) is 5.69 Å². The van der Waals surface area contributed by atoms with Crippen molar-refractivity contribution in [2.75, 3.05) is 5.73 Å². The molecule has 0 saturated carbocycles. The Morgan fingerprint density at radius 2 is 2.05 bits per heavy atom. The Kier molecular flexibility index (Phi) is 3.10. The van der Waals surface area contributed by atoms with E-state index in [4.69, 9.17) is 5.73 Å². The number of hydrogen-bond acceptors (Lipinski definition) is 3. The molecule has 0 unspecified atom stereocenters. The Morgan fingerprint density at radius 1 is 1.25 bits per heavy atom. The van der Waals surface area contributed by atoms with E-state index >= 15 is 0 Å². The van der Waals surface area contributed by atoms with Crippen LogP contribution < -0.4 is 11.3 Å². The van der Waals surface area contributed by atoms with Crippen molar-refractivity contribution >= 4 is 27.1 Å². The molecule has 0 radical (unpaired) electrons. The van der Waals surface area contributed by atoms with Crippen molar-refractivity contribution in [3.63, 3.8) is 0 Å². The lowest BCUT2D eigenvalue weighted by atomic mass is 10.2. The number of nitrogens with two attached hydrogens (primary N) is 1. The Labute approximate surface area is 123 Å². The van der Waals surface area contributed by atoms with Crippen molar-refractivity contribution in [1.29, 1.82) is 0 Å². The van der Waals surface area contributed by atoms with E-state index in [9.17, 15) is 4.79 Å². The van der Waals surface area contributed by atoms with Gasteiger partial charge in [-0.2, -0.15) is 5.10 Å². The van der Waals surface area contributed by atoms with Crippen molar-refractivity contribution in [2.45, 2.75) is 13.5 Å². The van der Waals surface area contributed by atoms with Gasteiger partial charge in [0, 0.05) is 22.6 Å². The second kappa shape index (κ2) is 4.79. The molecular formula is C14H13BrN4O. The smallest absolute Gasteiger partial charge is 0.276 e. The zero-order chi connectivity index (χ0) is 14.3. The lowest BCUT2D eigenvalue weighted by Gasteiger charge is -2.07. The van der Waals surface area contributed by atoms with Gasteiger partial charge in [-0.25, -0.2) is 4.52 Å². The molecule has 2 N–H and O–H groups in total. The maximum atomic E-state index is 12.4. The van der Waals surface area contributed by atoms with Crippen LogP contribution in [0, 0.1) is 6.92 Å². The number of fused-ring (bicyclic) bond motifs is 1. The van der Waals surface area contributed by atoms with Crippen LogP contribution in [-0.2, 0) is 6.54 Å². The van der Waals surface area contributed by atoms with Gasteiger partial charge in [0.05, 0.1) is 12.2 Å². The van der Waals surface area contributed by atoms with Gasteiger partial charge in [-0.1, -0.05) is 15.9 Å². The van der Waals surface area contributed by atoms with Gasteiger partial charge >= 0.3 is 0 Å². The van der Waals surface area contributed by atoms with Crippen LogP contribution in [0.2, 0.25) is 0 Å². The molecular weight excluding hydrogens is 320 g/mol. The second-order valence-corrected chi connectivity index (χ2v) is 5.66. The topological polar surface area (TPSA) is 65.3 Å². The SMILES string of the molecule is Cc1cc2c(=O)n(Cc3cc(N)cc(Br)c3)ccn2n1. The number of anilines is 1. The standard InChI is InChI=1S/C14H13BrN4O/c1-9-4-13-14(20)18(2-3-19(13)17-9)8-10-5-11(15)7-12(16)6-10/h2-7H,8,16H2,1H3. The summed E-state index contributed by atoms with van der Waals surface area (Å²) >= 11 is 3.41. The van der Waals surface area contributed by atoms with Crippen molar-refractivity contribution in [3.8, 4) is 0 Å². The van der Waals surface area contributed by atoms with E-state index in [1.54, 1.807) is 27.5 Å². The lowest BCUT2D eigenvalue weighted by Crippen LogP contribution is -2.21. The molecule has 0 fully saturated rings. The van der Waals surface area contributed by atoms with E-state index in [-0.39, 0.29) is 5.56 Å². The van der Waals surface area contributed by atoms with Crippen LogP contribution in [0.15, 0.2) is 45.9 Å². The first kappa shape index (κ1) is 12.9. The number of rotatable bonds is 2. The van der Waals surface area contributed by atoms with Crippen LogP contribution in [0.1, 0.15) is 11.3 Å². The highest BCUT2D eigenvalue weighted by Crippen LogP contribution is 2.17. The summed E-state index contributed by atoms with van der Waals surface area (Å²) in [7, 11) is 0. The molecule has 0 saturated heterocycles. The molecule has 20 heavy (non-hydrogen) atoms. The summed E-state index contributed by atoms with van der Waals surface area (Å²) in [4.78, 5) is 12.4. The summed E-state index contributed by atoms with van der Waals surface area (Å²) in [6, 6.07) is 7.43. The molecule has 1 aromatic carbocycles. The molecule has 0 bridgehead atoms. The third-order valence-electron chi connectivity index (χ3n) is 3.06. The number of aromatic nitrogens is 3. The Hall–Kier alpha value is -2.08. The maximum absolute atomic E-state index is 12.4. The van der Waals surface area contributed by atoms with E-state index in [1.807, 2.05) is 25.1 Å². The molecule has 0 spiro atoms. The number of halogens is 1. The van der Waals surface area contributed by atoms with Crippen LogP contribution in [0.5, 0.6) is 0 Å². The number of nitrogens with zero attached hydrogens (tertiary/aromatic N) is 3. The number of nitrogen functional groups attached to an aromatic ring is 1. The highest BCUT2D eigenvalue weighted by atomic mass is 79.9. The van der Waals surface area contributed by atoms with Gasteiger partial charge in [0.15, 0.2) is 0 Å². The average Bonchev–Trinajstić information content (AvgIpc) is 2.73. The first-order valence-corrected chi connectivity index (χ1v) is 6.92. The minimum atomic E-state index is -0.0633. The second-order valence-electron chi connectivity index (χ2n) is 4.74. The Balaban J connectivity index is 2.06.